The number of hydrogen-bond donors (Lipinski definition) is 3. The Morgan fingerprint density at radius 2 is 1.89 bits per heavy atom. The lowest BCUT2D eigenvalue weighted by molar-refractivity contribution is -0.141. The molecule has 0 aromatic rings. The van der Waals surface area contributed by atoms with Crippen LogP contribution in [0.2, 0.25) is 0 Å². The van der Waals surface area contributed by atoms with Crippen LogP contribution in [-0.4, -0.2) is 30.1 Å². The van der Waals surface area contributed by atoms with Gasteiger partial charge in [-0.15, -0.1) is 0 Å². The van der Waals surface area contributed by atoms with Crippen molar-refractivity contribution in [2.24, 2.45) is 17.1 Å². The number of carbonyl (C=O) groups excluding carboxylic acids is 1. The highest BCUT2D eigenvalue weighted by molar-refractivity contribution is 5.82. The van der Waals surface area contributed by atoms with E-state index < -0.39 is 11.4 Å². The molecule has 0 heterocycles. The first-order valence-electron chi connectivity index (χ1n) is 6.64. The Kier molecular flexibility index (Phi) is 7.59. The fourth-order valence-electron chi connectivity index (χ4n) is 1.87. The molecule has 5 heteroatoms. The lowest BCUT2D eigenvalue weighted by Crippen LogP contribution is -2.45. The molecule has 4 N–H and O–H groups in total. The molecule has 1 atom stereocenters. The van der Waals surface area contributed by atoms with E-state index in [2.05, 4.69) is 5.32 Å². The van der Waals surface area contributed by atoms with E-state index in [1.165, 1.54) is 0 Å². The van der Waals surface area contributed by atoms with Crippen LogP contribution in [0.4, 0.5) is 0 Å². The first kappa shape index (κ1) is 16.9. The van der Waals surface area contributed by atoms with E-state index in [9.17, 15) is 9.59 Å². The highest BCUT2D eigenvalue weighted by atomic mass is 16.4. The smallest absolute Gasteiger partial charge is 0.306 e. The van der Waals surface area contributed by atoms with Crippen molar-refractivity contribution >= 4 is 11.9 Å². The minimum Gasteiger partial charge on any atom is -0.481 e. The molecule has 0 rings (SSSR count). The van der Waals surface area contributed by atoms with Crippen LogP contribution in [0.5, 0.6) is 0 Å². The van der Waals surface area contributed by atoms with E-state index in [1.54, 1.807) is 6.92 Å². The Labute approximate surface area is 109 Å². The number of rotatable bonds is 9. The van der Waals surface area contributed by atoms with Crippen LogP contribution in [0.3, 0.4) is 0 Å². The van der Waals surface area contributed by atoms with Gasteiger partial charge in [0.05, 0.1) is 11.3 Å². The highest BCUT2D eigenvalue weighted by Gasteiger charge is 2.32. The summed E-state index contributed by atoms with van der Waals surface area (Å²) < 4.78 is 0. The first-order valence-corrected chi connectivity index (χ1v) is 6.64. The van der Waals surface area contributed by atoms with Crippen molar-refractivity contribution in [1.29, 1.82) is 0 Å². The Balaban J connectivity index is 4.07. The number of carboxylic acids is 1. The number of hydrogen-bond acceptors (Lipinski definition) is 3. The van der Waals surface area contributed by atoms with Gasteiger partial charge in [0.2, 0.25) is 5.91 Å². The predicted molar refractivity (Wildman–Crippen MR) is 71.1 cm³/mol. The van der Waals surface area contributed by atoms with E-state index in [4.69, 9.17) is 10.8 Å². The summed E-state index contributed by atoms with van der Waals surface area (Å²) in [6.07, 6.45) is 2.69. The maximum atomic E-state index is 12.0. The third kappa shape index (κ3) is 4.64. The Bertz CT molecular complexity index is 267. The van der Waals surface area contributed by atoms with E-state index >= 15 is 0 Å². The zero-order valence-electron chi connectivity index (χ0n) is 11.7. The molecule has 0 aromatic heterocycles. The largest absolute Gasteiger partial charge is 0.481 e. The van der Waals surface area contributed by atoms with Gasteiger partial charge in [0.1, 0.15) is 0 Å². The fourth-order valence-corrected chi connectivity index (χ4v) is 1.87. The van der Waals surface area contributed by atoms with Crippen LogP contribution < -0.4 is 11.1 Å². The molecule has 0 fully saturated rings. The minimum absolute atomic E-state index is 0.0158. The molecule has 0 saturated carbocycles. The number of aliphatic carboxylic acids is 1. The molecule has 0 saturated heterocycles. The molecule has 0 aliphatic carbocycles. The van der Waals surface area contributed by atoms with Crippen molar-refractivity contribution in [3.05, 3.63) is 0 Å². The summed E-state index contributed by atoms with van der Waals surface area (Å²) in [6, 6.07) is 0. The number of nitrogens with one attached hydrogen (secondary N) is 1. The van der Waals surface area contributed by atoms with E-state index in [1.807, 2.05) is 13.8 Å². The van der Waals surface area contributed by atoms with Crippen molar-refractivity contribution in [1.82, 2.24) is 5.32 Å². The second-order valence-electron chi connectivity index (χ2n) is 4.83. The first-order chi connectivity index (χ1) is 8.43. The number of nitrogens with two attached hydrogens (primary N) is 1. The molecule has 106 valence electrons. The van der Waals surface area contributed by atoms with E-state index in [0.717, 1.165) is 12.8 Å². The van der Waals surface area contributed by atoms with Crippen molar-refractivity contribution < 1.29 is 14.7 Å². The van der Waals surface area contributed by atoms with Gasteiger partial charge >= 0.3 is 5.97 Å². The summed E-state index contributed by atoms with van der Waals surface area (Å²) in [5.41, 5.74) is 5.21. The highest BCUT2D eigenvalue weighted by Crippen LogP contribution is 2.24. The van der Waals surface area contributed by atoms with Crippen LogP contribution in [0.15, 0.2) is 0 Å². The lowest BCUT2D eigenvalue weighted by atomic mass is 9.81. The van der Waals surface area contributed by atoms with Gasteiger partial charge in [0.15, 0.2) is 0 Å². The van der Waals surface area contributed by atoms with Crippen LogP contribution in [0.1, 0.15) is 46.5 Å². The molecule has 1 unspecified atom stereocenters. The average Bonchev–Trinajstić information content (AvgIpc) is 2.37. The van der Waals surface area contributed by atoms with E-state index in [-0.39, 0.29) is 11.8 Å². The van der Waals surface area contributed by atoms with Gasteiger partial charge in [-0.2, -0.15) is 0 Å². The zero-order chi connectivity index (χ0) is 14.2. The van der Waals surface area contributed by atoms with Crippen LogP contribution in [-0.2, 0) is 9.59 Å². The minimum atomic E-state index is -0.792. The molecule has 0 aliphatic heterocycles. The molecule has 5 nitrogen and oxygen atoms in total. The second kappa shape index (κ2) is 8.08. The van der Waals surface area contributed by atoms with Gasteiger partial charge < -0.3 is 16.2 Å². The van der Waals surface area contributed by atoms with Gasteiger partial charge in [-0.25, -0.2) is 0 Å². The third-order valence-electron chi connectivity index (χ3n) is 3.75. The zero-order valence-corrected chi connectivity index (χ0v) is 11.7. The van der Waals surface area contributed by atoms with Gasteiger partial charge in [0.25, 0.3) is 0 Å². The Hall–Kier alpha value is -1.10. The van der Waals surface area contributed by atoms with Gasteiger partial charge in [-0.05, 0) is 25.7 Å². The monoisotopic (exact) mass is 258 g/mol. The molecule has 18 heavy (non-hydrogen) atoms. The summed E-state index contributed by atoms with van der Waals surface area (Å²) in [5.74, 6) is -1.17. The molecule has 0 aliphatic rings. The maximum Gasteiger partial charge on any atom is 0.306 e. The number of amides is 1. The predicted octanol–water partition coefficient (Wildman–Crippen LogP) is 1.37. The topological polar surface area (TPSA) is 92.4 Å². The maximum absolute atomic E-state index is 12.0. The molecular formula is C13H26N2O3. The molecule has 0 radical (unpaired) electrons. The van der Waals surface area contributed by atoms with Crippen LogP contribution in [0.25, 0.3) is 0 Å². The van der Waals surface area contributed by atoms with Gasteiger partial charge in [-0.1, -0.05) is 20.8 Å². The SMILES string of the molecule is CCC(CC)(CN)C(=O)NCCCC(C)C(=O)O. The summed E-state index contributed by atoms with van der Waals surface area (Å²) in [6.45, 7) is 6.45. The summed E-state index contributed by atoms with van der Waals surface area (Å²) in [5, 5.41) is 11.6. The number of carbonyl (C=O) groups is 2. The molecule has 0 bridgehead atoms. The molecule has 0 aromatic carbocycles. The van der Waals surface area contributed by atoms with Crippen molar-refractivity contribution in [2.45, 2.75) is 46.5 Å². The molecule has 1 amide bonds. The second-order valence-corrected chi connectivity index (χ2v) is 4.83. The van der Waals surface area contributed by atoms with Gasteiger partial charge in [-0.3, -0.25) is 9.59 Å². The summed E-state index contributed by atoms with van der Waals surface area (Å²) in [4.78, 5) is 22.7. The Morgan fingerprint density at radius 3 is 2.28 bits per heavy atom. The molecule has 0 spiro atoms. The Morgan fingerprint density at radius 1 is 1.33 bits per heavy atom. The van der Waals surface area contributed by atoms with Gasteiger partial charge in [0, 0.05) is 13.1 Å². The van der Waals surface area contributed by atoms with Crippen LogP contribution >= 0.6 is 0 Å². The quantitative estimate of drug-likeness (QED) is 0.545. The fraction of sp³-hybridized carbons (Fsp3) is 0.846. The third-order valence-corrected chi connectivity index (χ3v) is 3.75. The lowest BCUT2D eigenvalue weighted by Gasteiger charge is -2.28. The molecular weight excluding hydrogens is 232 g/mol. The van der Waals surface area contributed by atoms with Crippen molar-refractivity contribution in [3.8, 4) is 0 Å². The number of carboxylic acid groups (broad SMARTS) is 1. The summed E-state index contributed by atoms with van der Waals surface area (Å²) in [7, 11) is 0. The summed E-state index contributed by atoms with van der Waals surface area (Å²) >= 11 is 0. The standard InChI is InChI=1S/C13H26N2O3/c1-4-13(5-2,9-14)12(18)15-8-6-7-10(3)11(16)17/h10H,4-9,14H2,1-3H3,(H,15,18)(H,16,17). The normalized spacial score (nSPS) is 13.1. The average molecular weight is 258 g/mol. The van der Waals surface area contributed by atoms with E-state index in [0.29, 0.717) is 25.9 Å². The van der Waals surface area contributed by atoms with Crippen molar-refractivity contribution in [3.63, 3.8) is 0 Å². The van der Waals surface area contributed by atoms with Crippen LogP contribution in [0, 0.1) is 11.3 Å². The van der Waals surface area contributed by atoms with Crippen molar-refractivity contribution in [2.75, 3.05) is 13.1 Å².